The SMILES string of the molecule is Cc1ccc(CN)cc1OC(C)C(=O)NC(N)=O. The van der Waals surface area contributed by atoms with Crippen LogP contribution in [0.1, 0.15) is 18.1 Å². The third-order valence-corrected chi connectivity index (χ3v) is 2.41. The molecule has 0 spiro atoms. The largest absolute Gasteiger partial charge is 0.481 e. The first-order valence-corrected chi connectivity index (χ1v) is 5.50. The highest BCUT2D eigenvalue weighted by Gasteiger charge is 2.17. The number of aryl methyl sites for hydroxylation is 1. The summed E-state index contributed by atoms with van der Waals surface area (Å²) in [7, 11) is 0. The standard InChI is InChI=1S/C12H17N3O3/c1-7-3-4-9(6-13)5-10(7)18-8(2)11(16)15-12(14)17/h3-5,8H,6,13H2,1-2H3,(H3,14,15,16,17). The van der Waals surface area contributed by atoms with Crippen LogP contribution in [0.4, 0.5) is 4.79 Å². The van der Waals surface area contributed by atoms with Crippen molar-refractivity contribution in [3.05, 3.63) is 29.3 Å². The average Bonchev–Trinajstić information content (AvgIpc) is 2.31. The molecule has 1 rings (SSSR count). The molecule has 0 radical (unpaired) electrons. The molecule has 1 unspecified atom stereocenters. The van der Waals surface area contributed by atoms with Crippen LogP contribution >= 0.6 is 0 Å². The van der Waals surface area contributed by atoms with Crippen LogP contribution in [0.5, 0.6) is 5.75 Å². The first kappa shape index (κ1) is 14.0. The highest BCUT2D eigenvalue weighted by atomic mass is 16.5. The molecule has 3 amide bonds. The predicted octanol–water partition coefficient (Wildman–Crippen LogP) is 0.416. The van der Waals surface area contributed by atoms with E-state index in [9.17, 15) is 9.59 Å². The molecule has 0 aromatic heterocycles. The van der Waals surface area contributed by atoms with Gasteiger partial charge >= 0.3 is 6.03 Å². The first-order valence-electron chi connectivity index (χ1n) is 5.50. The molecule has 0 aliphatic carbocycles. The number of rotatable bonds is 4. The van der Waals surface area contributed by atoms with E-state index in [1.165, 1.54) is 6.92 Å². The van der Waals surface area contributed by atoms with E-state index in [1.807, 2.05) is 24.4 Å². The van der Waals surface area contributed by atoms with E-state index in [2.05, 4.69) is 0 Å². The third kappa shape index (κ3) is 3.74. The number of urea groups is 1. The smallest absolute Gasteiger partial charge is 0.318 e. The normalized spacial score (nSPS) is 11.7. The van der Waals surface area contributed by atoms with E-state index in [1.54, 1.807) is 6.07 Å². The summed E-state index contributed by atoms with van der Waals surface area (Å²) < 4.78 is 5.47. The van der Waals surface area contributed by atoms with Crippen molar-refractivity contribution >= 4 is 11.9 Å². The van der Waals surface area contributed by atoms with Crippen molar-refractivity contribution in [2.75, 3.05) is 0 Å². The quantitative estimate of drug-likeness (QED) is 0.720. The van der Waals surface area contributed by atoms with Gasteiger partial charge in [0.1, 0.15) is 5.75 Å². The third-order valence-electron chi connectivity index (χ3n) is 2.41. The minimum atomic E-state index is -0.900. The van der Waals surface area contributed by atoms with Gasteiger partial charge in [-0.05, 0) is 31.0 Å². The van der Waals surface area contributed by atoms with E-state index in [4.69, 9.17) is 16.2 Å². The van der Waals surface area contributed by atoms with Crippen LogP contribution in [0.15, 0.2) is 18.2 Å². The predicted molar refractivity (Wildman–Crippen MR) is 66.9 cm³/mol. The van der Waals surface area contributed by atoms with Crippen molar-refractivity contribution in [3.8, 4) is 5.75 Å². The summed E-state index contributed by atoms with van der Waals surface area (Å²) in [4.78, 5) is 22.0. The fraction of sp³-hybridized carbons (Fsp3) is 0.333. The Bertz CT molecular complexity index is 460. The van der Waals surface area contributed by atoms with Gasteiger partial charge in [0, 0.05) is 6.54 Å². The van der Waals surface area contributed by atoms with Crippen LogP contribution < -0.4 is 21.5 Å². The topological polar surface area (TPSA) is 107 Å². The maximum absolute atomic E-state index is 11.5. The van der Waals surface area contributed by atoms with Gasteiger partial charge in [0.2, 0.25) is 0 Å². The Labute approximate surface area is 105 Å². The Morgan fingerprint density at radius 3 is 2.67 bits per heavy atom. The van der Waals surface area contributed by atoms with Crippen LogP contribution in [-0.4, -0.2) is 18.0 Å². The van der Waals surface area contributed by atoms with Crippen molar-refractivity contribution in [1.82, 2.24) is 5.32 Å². The fourth-order valence-corrected chi connectivity index (χ4v) is 1.37. The highest BCUT2D eigenvalue weighted by molar-refractivity contribution is 5.95. The van der Waals surface area contributed by atoms with Gasteiger partial charge in [0.25, 0.3) is 5.91 Å². The molecule has 0 aliphatic heterocycles. The molecule has 0 saturated carbocycles. The summed E-state index contributed by atoms with van der Waals surface area (Å²) in [5.41, 5.74) is 12.2. The molecule has 0 fully saturated rings. The second kappa shape index (κ2) is 6.02. The summed E-state index contributed by atoms with van der Waals surface area (Å²) in [6.45, 7) is 3.78. The molecule has 0 bridgehead atoms. The second-order valence-corrected chi connectivity index (χ2v) is 3.92. The molecule has 0 saturated heterocycles. The van der Waals surface area contributed by atoms with E-state index in [-0.39, 0.29) is 0 Å². The molecule has 1 aromatic rings. The number of carbonyl (C=O) groups is 2. The lowest BCUT2D eigenvalue weighted by atomic mass is 10.1. The number of benzene rings is 1. The number of nitrogens with one attached hydrogen (secondary N) is 1. The van der Waals surface area contributed by atoms with Gasteiger partial charge in [0.15, 0.2) is 6.10 Å². The summed E-state index contributed by atoms with van der Waals surface area (Å²) >= 11 is 0. The van der Waals surface area contributed by atoms with E-state index in [0.717, 1.165) is 11.1 Å². The van der Waals surface area contributed by atoms with Crippen molar-refractivity contribution in [1.29, 1.82) is 0 Å². The number of nitrogens with two attached hydrogens (primary N) is 2. The van der Waals surface area contributed by atoms with Crippen LogP contribution in [0.3, 0.4) is 0 Å². The minimum Gasteiger partial charge on any atom is -0.481 e. The Morgan fingerprint density at radius 1 is 1.44 bits per heavy atom. The summed E-state index contributed by atoms with van der Waals surface area (Å²) in [6.07, 6.45) is -0.816. The minimum absolute atomic E-state index is 0.387. The maximum Gasteiger partial charge on any atom is 0.318 e. The van der Waals surface area contributed by atoms with E-state index >= 15 is 0 Å². The Hall–Kier alpha value is -2.08. The number of carbonyl (C=O) groups excluding carboxylic acids is 2. The molecule has 5 N–H and O–H groups in total. The number of hydrogen-bond acceptors (Lipinski definition) is 4. The van der Waals surface area contributed by atoms with Crippen molar-refractivity contribution < 1.29 is 14.3 Å². The monoisotopic (exact) mass is 251 g/mol. The van der Waals surface area contributed by atoms with Gasteiger partial charge in [-0.15, -0.1) is 0 Å². The van der Waals surface area contributed by atoms with Crippen LogP contribution in [0, 0.1) is 6.92 Å². The Morgan fingerprint density at radius 2 is 2.11 bits per heavy atom. The van der Waals surface area contributed by atoms with Gasteiger partial charge in [-0.25, -0.2) is 4.79 Å². The van der Waals surface area contributed by atoms with Crippen molar-refractivity contribution in [3.63, 3.8) is 0 Å². The lowest BCUT2D eigenvalue weighted by Crippen LogP contribution is -2.42. The molecule has 0 aliphatic rings. The zero-order valence-electron chi connectivity index (χ0n) is 10.4. The highest BCUT2D eigenvalue weighted by Crippen LogP contribution is 2.20. The molecule has 0 heterocycles. The zero-order valence-corrected chi connectivity index (χ0v) is 10.4. The molecule has 6 nitrogen and oxygen atoms in total. The molecule has 6 heteroatoms. The van der Waals surface area contributed by atoms with Gasteiger partial charge in [-0.3, -0.25) is 10.1 Å². The van der Waals surface area contributed by atoms with Crippen LogP contribution in [0.2, 0.25) is 0 Å². The number of amides is 3. The van der Waals surface area contributed by atoms with Crippen LogP contribution in [-0.2, 0) is 11.3 Å². The molecule has 1 aromatic carbocycles. The number of primary amides is 1. The molecule has 18 heavy (non-hydrogen) atoms. The van der Waals surface area contributed by atoms with E-state index < -0.39 is 18.0 Å². The number of imide groups is 1. The second-order valence-electron chi connectivity index (χ2n) is 3.92. The Balaban J connectivity index is 2.77. The van der Waals surface area contributed by atoms with Crippen LogP contribution in [0.25, 0.3) is 0 Å². The Kier molecular flexibility index (Phi) is 4.67. The molecular formula is C12H17N3O3. The van der Waals surface area contributed by atoms with Crippen molar-refractivity contribution in [2.24, 2.45) is 11.5 Å². The fourth-order valence-electron chi connectivity index (χ4n) is 1.37. The number of hydrogen-bond donors (Lipinski definition) is 3. The number of ether oxygens (including phenoxy) is 1. The molecular weight excluding hydrogens is 234 g/mol. The molecule has 1 atom stereocenters. The summed E-state index contributed by atoms with van der Waals surface area (Å²) in [5, 5.41) is 1.96. The van der Waals surface area contributed by atoms with Gasteiger partial charge < -0.3 is 16.2 Å². The van der Waals surface area contributed by atoms with E-state index in [0.29, 0.717) is 12.3 Å². The van der Waals surface area contributed by atoms with Gasteiger partial charge in [0.05, 0.1) is 0 Å². The van der Waals surface area contributed by atoms with Gasteiger partial charge in [-0.1, -0.05) is 12.1 Å². The average molecular weight is 251 g/mol. The summed E-state index contributed by atoms with van der Waals surface area (Å²) in [5.74, 6) is -0.0230. The lowest BCUT2D eigenvalue weighted by molar-refractivity contribution is -0.126. The summed E-state index contributed by atoms with van der Waals surface area (Å²) in [6, 6.07) is 4.61. The lowest BCUT2D eigenvalue weighted by Gasteiger charge is -2.16. The molecule has 98 valence electrons. The van der Waals surface area contributed by atoms with Gasteiger partial charge in [-0.2, -0.15) is 0 Å². The first-order chi connectivity index (χ1) is 8.43. The zero-order chi connectivity index (χ0) is 13.7. The van der Waals surface area contributed by atoms with Crippen molar-refractivity contribution in [2.45, 2.75) is 26.5 Å². The maximum atomic E-state index is 11.5.